The summed E-state index contributed by atoms with van der Waals surface area (Å²) in [5.41, 5.74) is 5.07. The number of aliphatic imine (C=N–C) groups is 2. The van der Waals surface area contributed by atoms with E-state index in [2.05, 4.69) is 84.0 Å². The molecule has 3 aromatic rings. The number of thioether (sulfide) groups is 1. The molecule has 5 rings (SSSR count). The van der Waals surface area contributed by atoms with Crippen molar-refractivity contribution in [1.29, 1.82) is 0 Å². The van der Waals surface area contributed by atoms with Gasteiger partial charge in [0.25, 0.3) is 0 Å². The molecule has 0 fully saturated rings. The highest BCUT2D eigenvalue weighted by atomic mass is 32.2. The maximum absolute atomic E-state index is 4.96. The molecule has 0 bridgehead atoms. The lowest BCUT2D eigenvalue weighted by atomic mass is 10.0. The average Bonchev–Trinajstić information content (AvgIpc) is 3.07. The second-order valence-corrected chi connectivity index (χ2v) is 7.85. The summed E-state index contributed by atoms with van der Waals surface area (Å²) in [6.07, 6.45) is 2.86. The van der Waals surface area contributed by atoms with Crippen molar-refractivity contribution in [3.63, 3.8) is 0 Å². The molecule has 2 nitrogen and oxygen atoms in total. The number of benzene rings is 3. The predicted molar refractivity (Wildman–Crippen MR) is 110 cm³/mol. The predicted octanol–water partition coefficient (Wildman–Crippen LogP) is 5.59. The molecule has 2 aliphatic rings. The highest BCUT2D eigenvalue weighted by Gasteiger charge is 2.33. The Balaban J connectivity index is 1.36. The largest absolute Gasteiger partial charge is 0.260 e. The van der Waals surface area contributed by atoms with Gasteiger partial charge in [0.15, 0.2) is 0 Å². The zero-order valence-corrected chi connectivity index (χ0v) is 15.1. The minimum atomic E-state index is 0.215. The first-order valence-electron chi connectivity index (χ1n) is 8.88. The van der Waals surface area contributed by atoms with E-state index in [1.165, 1.54) is 27.1 Å². The van der Waals surface area contributed by atoms with Crippen molar-refractivity contribution in [1.82, 2.24) is 0 Å². The molecule has 0 N–H and O–H groups in total. The number of fused-ring (bicyclic) bond motifs is 3. The normalized spacial score (nSPS) is 20.4. The van der Waals surface area contributed by atoms with Gasteiger partial charge in [-0.25, -0.2) is 4.99 Å². The number of hydrogen-bond donors (Lipinski definition) is 0. The molecule has 126 valence electrons. The monoisotopic (exact) mass is 354 g/mol. The van der Waals surface area contributed by atoms with Crippen molar-refractivity contribution in [3.8, 4) is 11.1 Å². The zero-order chi connectivity index (χ0) is 17.3. The summed E-state index contributed by atoms with van der Waals surface area (Å²) in [4.78, 5) is 10.9. The third-order valence-electron chi connectivity index (χ3n) is 4.89. The van der Waals surface area contributed by atoms with Crippen LogP contribution in [0.3, 0.4) is 0 Å². The molecule has 2 unspecified atom stereocenters. The summed E-state index contributed by atoms with van der Waals surface area (Å²) in [6, 6.07) is 28.0. The van der Waals surface area contributed by atoms with Gasteiger partial charge in [0.1, 0.15) is 5.84 Å². The molecule has 0 amide bonds. The van der Waals surface area contributed by atoms with Gasteiger partial charge in [-0.3, -0.25) is 4.99 Å². The van der Waals surface area contributed by atoms with E-state index in [0.717, 1.165) is 12.3 Å². The second kappa shape index (κ2) is 6.58. The van der Waals surface area contributed by atoms with Crippen LogP contribution in [0, 0.1) is 0 Å². The van der Waals surface area contributed by atoms with Crippen LogP contribution in [0.15, 0.2) is 93.7 Å². The van der Waals surface area contributed by atoms with Crippen LogP contribution in [-0.2, 0) is 6.42 Å². The molecule has 2 atom stereocenters. The molecule has 0 saturated carbocycles. The number of nitrogens with zero attached hydrogens (tertiary/aromatic N) is 2. The fraction of sp³-hybridized carbons (Fsp3) is 0.130. The Morgan fingerprint density at radius 2 is 1.50 bits per heavy atom. The van der Waals surface area contributed by atoms with Crippen molar-refractivity contribution >= 4 is 23.8 Å². The molecule has 2 aliphatic heterocycles. The van der Waals surface area contributed by atoms with Crippen molar-refractivity contribution in [2.24, 2.45) is 9.98 Å². The van der Waals surface area contributed by atoms with Crippen molar-refractivity contribution < 1.29 is 0 Å². The van der Waals surface area contributed by atoms with E-state index >= 15 is 0 Å². The molecular weight excluding hydrogens is 336 g/mol. The van der Waals surface area contributed by atoms with Crippen molar-refractivity contribution in [2.45, 2.75) is 22.6 Å². The van der Waals surface area contributed by atoms with Crippen LogP contribution in [0.1, 0.15) is 17.2 Å². The van der Waals surface area contributed by atoms with Gasteiger partial charge in [-0.05, 0) is 28.3 Å². The summed E-state index contributed by atoms with van der Waals surface area (Å²) in [5, 5.41) is 0.344. The molecule has 0 aliphatic carbocycles. The second-order valence-electron chi connectivity index (χ2n) is 6.63. The summed E-state index contributed by atoms with van der Waals surface area (Å²) in [6.45, 7) is 0. The van der Waals surface area contributed by atoms with Gasteiger partial charge < -0.3 is 0 Å². The maximum atomic E-state index is 4.96. The quantitative estimate of drug-likeness (QED) is 0.601. The minimum absolute atomic E-state index is 0.215. The van der Waals surface area contributed by atoms with E-state index in [1.807, 2.05) is 17.8 Å². The summed E-state index contributed by atoms with van der Waals surface area (Å²) < 4.78 is 0. The molecular formula is C23H18N2S. The van der Waals surface area contributed by atoms with Crippen LogP contribution in [0.4, 0.5) is 0 Å². The molecule has 0 aromatic heterocycles. The van der Waals surface area contributed by atoms with Crippen LogP contribution in [-0.4, -0.2) is 17.3 Å². The minimum Gasteiger partial charge on any atom is -0.260 e. The third kappa shape index (κ3) is 2.89. The van der Waals surface area contributed by atoms with Gasteiger partial charge in [-0.15, -0.1) is 11.8 Å². The van der Waals surface area contributed by atoms with E-state index in [1.54, 1.807) is 0 Å². The topological polar surface area (TPSA) is 24.7 Å². The SMILES string of the molecule is C1=NC(Cc2ccc(-c3ccccc3)cc2)=NC2c3ccccc3SC12. The first-order chi connectivity index (χ1) is 12.9. The Morgan fingerprint density at radius 3 is 2.35 bits per heavy atom. The lowest BCUT2D eigenvalue weighted by Crippen LogP contribution is -2.18. The average molecular weight is 354 g/mol. The van der Waals surface area contributed by atoms with Crippen LogP contribution in [0.25, 0.3) is 11.1 Å². The summed E-state index contributed by atoms with van der Waals surface area (Å²) in [7, 11) is 0. The fourth-order valence-electron chi connectivity index (χ4n) is 3.55. The molecule has 0 radical (unpaired) electrons. The Morgan fingerprint density at radius 1 is 0.769 bits per heavy atom. The highest BCUT2D eigenvalue weighted by Crippen LogP contribution is 2.46. The van der Waals surface area contributed by atoms with Crippen molar-refractivity contribution in [3.05, 3.63) is 90.0 Å². The lowest BCUT2D eigenvalue weighted by molar-refractivity contribution is 0.775. The van der Waals surface area contributed by atoms with E-state index in [4.69, 9.17) is 4.99 Å². The number of hydrogen-bond acceptors (Lipinski definition) is 3. The van der Waals surface area contributed by atoms with E-state index < -0.39 is 0 Å². The summed E-state index contributed by atoms with van der Waals surface area (Å²) >= 11 is 1.87. The Kier molecular flexibility index (Phi) is 3.95. The van der Waals surface area contributed by atoms with Gasteiger partial charge in [-0.2, -0.15) is 0 Å². The Hall–Kier alpha value is -2.65. The molecule has 0 spiro atoms. The molecule has 3 heteroatoms. The van der Waals surface area contributed by atoms with Crippen LogP contribution in [0.2, 0.25) is 0 Å². The van der Waals surface area contributed by atoms with Gasteiger partial charge in [0.05, 0.1) is 11.3 Å². The van der Waals surface area contributed by atoms with E-state index in [-0.39, 0.29) is 6.04 Å². The lowest BCUT2D eigenvalue weighted by Gasteiger charge is -2.17. The zero-order valence-electron chi connectivity index (χ0n) is 14.2. The van der Waals surface area contributed by atoms with Gasteiger partial charge in [0.2, 0.25) is 0 Å². The van der Waals surface area contributed by atoms with Gasteiger partial charge >= 0.3 is 0 Å². The number of rotatable bonds is 3. The molecule has 26 heavy (non-hydrogen) atoms. The van der Waals surface area contributed by atoms with Crippen molar-refractivity contribution in [2.75, 3.05) is 0 Å². The van der Waals surface area contributed by atoms with Crippen LogP contribution in [0.5, 0.6) is 0 Å². The molecule has 0 saturated heterocycles. The number of amidine groups is 1. The standard InChI is InChI=1S/C23H18N2S/c1-2-6-17(7-3-1)18-12-10-16(11-13-18)14-22-24-15-21-23(25-22)19-8-4-5-9-20(19)26-21/h1-13,15,21,23H,14H2. The Bertz CT molecular complexity index is 990. The molecule has 3 aromatic carbocycles. The fourth-order valence-corrected chi connectivity index (χ4v) is 4.78. The first kappa shape index (κ1) is 15.6. The van der Waals surface area contributed by atoms with Gasteiger partial charge in [-0.1, -0.05) is 72.8 Å². The first-order valence-corrected chi connectivity index (χ1v) is 9.75. The smallest absolute Gasteiger partial charge is 0.127 e. The Labute approximate surface area is 157 Å². The van der Waals surface area contributed by atoms with Crippen LogP contribution < -0.4 is 0 Å². The van der Waals surface area contributed by atoms with Crippen LogP contribution >= 0.6 is 11.8 Å². The highest BCUT2D eigenvalue weighted by molar-refractivity contribution is 8.01. The maximum Gasteiger partial charge on any atom is 0.127 e. The third-order valence-corrected chi connectivity index (χ3v) is 6.17. The van der Waals surface area contributed by atoms with E-state index in [0.29, 0.717) is 5.25 Å². The summed E-state index contributed by atoms with van der Waals surface area (Å²) in [5.74, 6) is 0.927. The van der Waals surface area contributed by atoms with Gasteiger partial charge in [0, 0.05) is 17.5 Å². The van der Waals surface area contributed by atoms with E-state index in [9.17, 15) is 0 Å². The molecule has 2 heterocycles.